The van der Waals surface area contributed by atoms with Gasteiger partial charge in [0.05, 0.1) is 30.7 Å². The van der Waals surface area contributed by atoms with Gasteiger partial charge in [-0.05, 0) is 31.2 Å². The summed E-state index contributed by atoms with van der Waals surface area (Å²) >= 11 is 7.42. The summed E-state index contributed by atoms with van der Waals surface area (Å²) in [7, 11) is 3.11. The number of benzene rings is 2. The summed E-state index contributed by atoms with van der Waals surface area (Å²) in [4.78, 5) is 12.4. The molecular formula is C21H23ClN4O4S. The second kappa shape index (κ2) is 10.9. The van der Waals surface area contributed by atoms with E-state index in [2.05, 4.69) is 15.5 Å². The van der Waals surface area contributed by atoms with Crippen molar-refractivity contribution in [3.8, 4) is 17.2 Å². The fourth-order valence-corrected chi connectivity index (χ4v) is 3.78. The number of para-hydroxylation sites is 1. The molecule has 0 aliphatic heterocycles. The number of nitrogens with zero attached hydrogens (tertiary/aromatic N) is 3. The van der Waals surface area contributed by atoms with Crippen LogP contribution in [-0.4, -0.2) is 40.6 Å². The number of carbonyl (C=O) groups excluding carboxylic acids is 1. The monoisotopic (exact) mass is 462 g/mol. The van der Waals surface area contributed by atoms with Crippen LogP contribution in [0.1, 0.15) is 12.7 Å². The molecule has 0 unspecified atom stereocenters. The Morgan fingerprint density at radius 3 is 2.65 bits per heavy atom. The summed E-state index contributed by atoms with van der Waals surface area (Å²) in [5.41, 5.74) is 0.569. The summed E-state index contributed by atoms with van der Waals surface area (Å²) in [6.45, 7) is 2.85. The largest absolute Gasteiger partial charge is 0.497 e. The Morgan fingerprint density at radius 2 is 1.94 bits per heavy atom. The maximum Gasteiger partial charge on any atom is 0.234 e. The van der Waals surface area contributed by atoms with Gasteiger partial charge >= 0.3 is 0 Å². The molecule has 0 radical (unpaired) electrons. The zero-order valence-electron chi connectivity index (χ0n) is 17.4. The van der Waals surface area contributed by atoms with E-state index in [0.29, 0.717) is 45.5 Å². The van der Waals surface area contributed by atoms with Gasteiger partial charge in [-0.2, -0.15) is 0 Å². The average molecular weight is 463 g/mol. The molecule has 3 aromatic rings. The minimum absolute atomic E-state index is 0.165. The van der Waals surface area contributed by atoms with Gasteiger partial charge in [0, 0.05) is 12.6 Å². The molecule has 10 heteroatoms. The predicted molar refractivity (Wildman–Crippen MR) is 120 cm³/mol. The minimum Gasteiger partial charge on any atom is -0.497 e. The number of nitrogens with one attached hydrogen (secondary N) is 1. The number of rotatable bonds is 10. The van der Waals surface area contributed by atoms with E-state index in [-0.39, 0.29) is 18.3 Å². The number of hydrogen-bond donors (Lipinski definition) is 1. The first kappa shape index (κ1) is 22.8. The molecule has 0 bridgehead atoms. The Labute approximate surface area is 189 Å². The van der Waals surface area contributed by atoms with Gasteiger partial charge in [0.15, 0.2) is 11.0 Å². The molecule has 0 aliphatic rings. The number of ether oxygens (including phenoxy) is 3. The lowest BCUT2D eigenvalue weighted by molar-refractivity contribution is -0.113. The first-order valence-electron chi connectivity index (χ1n) is 9.49. The van der Waals surface area contributed by atoms with E-state index in [1.807, 2.05) is 23.6 Å². The van der Waals surface area contributed by atoms with E-state index >= 15 is 0 Å². The molecule has 0 saturated carbocycles. The second-order valence-corrected chi connectivity index (χ2v) is 7.61. The molecule has 0 atom stereocenters. The zero-order valence-corrected chi connectivity index (χ0v) is 19.0. The van der Waals surface area contributed by atoms with Crippen LogP contribution in [0.15, 0.2) is 47.6 Å². The zero-order chi connectivity index (χ0) is 22.2. The van der Waals surface area contributed by atoms with Gasteiger partial charge in [-0.1, -0.05) is 35.5 Å². The Hall–Kier alpha value is -2.91. The molecule has 164 valence electrons. The standard InChI is InChI=1S/C21H23ClN4O4S/c1-4-26-19(12-30-17-8-6-5-7-15(17)22)24-25-21(26)31-13-20(27)23-16-10-9-14(28-2)11-18(16)29-3/h5-11H,4,12-13H2,1-3H3,(H,23,27). The topological polar surface area (TPSA) is 87.5 Å². The molecule has 1 aromatic heterocycles. The molecule has 3 rings (SSSR count). The maximum absolute atomic E-state index is 12.4. The van der Waals surface area contributed by atoms with Gasteiger partial charge in [-0.25, -0.2) is 0 Å². The van der Waals surface area contributed by atoms with E-state index in [4.69, 9.17) is 25.8 Å². The predicted octanol–water partition coefficient (Wildman–Crippen LogP) is 4.28. The van der Waals surface area contributed by atoms with Gasteiger partial charge in [0.2, 0.25) is 5.91 Å². The number of aromatic nitrogens is 3. The Kier molecular flexibility index (Phi) is 8.02. The highest BCUT2D eigenvalue weighted by atomic mass is 35.5. The smallest absolute Gasteiger partial charge is 0.234 e. The molecule has 0 saturated heterocycles. The van der Waals surface area contributed by atoms with Gasteiger partial charge in [0.25, 0.3) is 0 Å². The van der Waals surface area contributed by atoms with Crippen molar-refractivity contribution in [2.75, 3.05) is 25.3 Å². The SMILES string of the molecule is CCn1c(COc2ccccc2Cl)nnc1SCC(=O)Nc1ccc(OC)cc1OC. The lowest BCUT2D eigenvalue weighted by Crippen LogP contribution is -2.15. The first-order chi connectivity index (χ1) is 15.0. The molecule has 8 nitrogen and oxygen atoms in total. The highest BCUT2D eigenvalue weighted by molar-refractivity contribution is 7.99. The van der Waals surface area contributed by atoms with E-state index in [0.717, 1.165) is 0 Å². The van der Waals surface area contributed by atoms with Crippen LogP contribution in [-0.2, 0) is 17.9 Å². The third-order valence-electron chi connectivity index (χ3n) is 4.32. The molecule has 1 heterocycles. The number of halogens is 1. The average Bonchev–Trinajstić information content (AvgIpc) is 3.19. The molecule has 0 spiro atoms. The Bertz CT molecular complexity index is 1040. The maximum atomic E-state index is 12.4. The van der Waals surface area contributed by atoms with Crippen LogP contribution >= 0.6 is 23.4 Å². The number of amides is 1. The van der Waals surface area contributed by atoms with Gasteiger partial charge in [-0.3, -0.25) is 4.79 Å². The molecule has 1 N–H and O–H groups in total. The van der Waals surface area contributed by atoms with Crippen molar-refractivity contribution in [3.05, 3.63) is 53.3 Å². The molecule has 0 fully saturated rings. The van der Waals surface area contributed by atoms with E-state index in [9.17, 15) is 4.79 Å². The van der Waals surface area contributed by atoms with Crippen LogP contribution < -0.4 is 19.5 Å². The van der Waals surface area contributed by atoms with Crippen molar-refractivity contribution in [2.45, 2.75) is 25.2 Å². The second-order valence-electron chi connectivity index (χ2n) is 6.27. The third kappa shape index (κ3) is 5.83. The summed E-state index contributed by atoms with van der Waals surface area (Å²) in [5, 5.41) is 12.4. The summed E-state index contributed by atoms with van der Waals surface area (Å²) in [6.07, 6.45) is 0. The van der Waals surface area contributed by atoms with E-state index in [1.54, 1.807) is 37.4 Å². The van der Waals surface area contributed by atoms with Crippen LogP contribution in [0, 0.1) is 0 Å². The van der Waals surface area contributed by atoms with Gasteiger partial charge in [0.1, 0.15) is 23.9 Å². The summed E-state index contributed by atoms with van der Waals surface area (Å²) in [6, 6.07) is 12.4. The van der Waals surface area contributed by atoms with Crippen LogP contribution in [0.3, 0.4) is 0 Å². The highest BCUT2D eigenvalue weighted by Gasteiger charge is 2.15. The van der Waals surface area contributed by atoms with E-state index < -0.39 is 0 Å². The fraction of sp³-hybridized carbons (Fsp3) is 0.286. The van der Waals surface area contributed by atoms with Crippen molar-refractivity contribution in [2.24, 2.45) is 0 Å². The Balaban J connectivity index is 1.60. The lowest BCUT2D eigenvalue weighted by atomic mass is 10.2. The molecule has 1 amide bonds. The molecule has 0 aliphatic carbocycles. The summed E-state index contributed by atoms with van der Waals surface area (Å²) < 4.78 is 18.1. The van der Waals surface area contributed by atoms with E-state index in [1.165, 1.54) is 18.9 Å². The van der Waals surface area contributed by atoms with Gasteiger partial charge in [-0.15, -0.1) is 10.2 Å². The van der Waals surface area contributed by atoms with Crippen molar-refractivity contribution >= 4 is 35.0 Å². The van der Waals surface area contributed by atoms with Crippen molar-refractivity contribution in [1.82, 2.24) is 14.8 Å². The quantitative estimate of drug-likeness (QED) is 0.450. The summed E-state index contributed by atoms with van der Waals surface area (Å²) in [5.74, 6) is 2.38. The highest BCUT2D eigenvalue weighted by Crippen LogP contribution is 2.29. The van der Waals surface area contributed by atoms with Crippen molar-refractivity contribution in [1.29, 1.82) is 0 Å². The van der Waals surface area contributed by atoms with Crippen LogP contribution in [0.5, 0.6) is 17.2 Å². The van der Waals surface area contributed by atoms with Crippen LogP contribution in [0.4, 0.5) is 5.69 Å². The van der Waals surface area contributed by atoms with Crippen LogP contribution in [0.2, 0.25) is 5.02 Å². The van der Waals surface area contributed by atoms with Crippen molar-refractivity contribution in [3.63, 3.8) is 0 Å². The van der Waals surface area contributed by atoms with Gasteiger partial charge < -0.3 is 24.1 Å². The van der Waals surface area contributed by atoms with Crippen molar-refractivity contribution < 1.29 is 19.0 Å². The number of hydrogen-bond acceptors (Lipinski definition) is 7. The molecule has 31 heavy (non-hydrogen) atoms. The fourth-order valence-electron chi connectivity index (χ4n) is 2.77. The number of thioether (sulfide) groups is 1. The number of methoxy groups -OCH3 is 2. The first-order valence-corrected chi connectivity index (χ1v) is 10.9. The Morgan fingerprint density at radius 1 is 1.13 bits per heavy atom. The normalized spacial score (nSPS) is 10.6. The molecular weight excluding hydrogens is 440 g/mol. The van der Waals surface area contributed by atoms with Crippen LogP contribution in [0.25, 0.3) is 0 Å². The third-order valence-corrected chi connectivity index (χ3v) is 5.60. The number of carbonyl (C=O) groups is 1. The number of anilines is 1. The lowest BCUT2D eigenvalue weighted by Gasteiger charge is -2.12. The molecule has 2 aromatic carbocycles. The minimum atomic E-state index is -0.187.